The molecular formula is C16H17BrN4O3S. The zero-order valence-corrected chi connectivity index (χ0v) is 15.8. The van der Waals surface area contributed by atoms with Crippen molar-refractivity contribution in [2.75, 3.05) is 13.1 Å². The third-order valence-electron chi connectivity index (χ3n) is 3.17. The average Bonchev–Trinajstić information content (AvgIpc) is 3.05. The Morgan fingerprint density at radius 3 is 2.56 bits per heavy atom. The summed E-state index contributed by atoms with van der Waals surface area (Å²) in [6.07, 6.45) is 3.05. The number of hydrogen-bond donors (Lipinski definition) is 3. The maximum absolute atomic E-state index is 12.0. The second kappa shape index (κ2) is 9.28. The van der Waals surface area contributed by atoms with Crippen LogP contribution in [0.2, 0.25) is 0 Å². The van der Waals surface area contributed by atoms with Gasteiger partial charge in [0, 0.05) is 25.5 Å². The van der Waals surface area contributed by atoms with Gasteiger partial charge in [-0.1, -0.05) is 0 Å². The summed E-state index contributed by atoms with van der Waals surface area (Å²) in [5, 5.41) is 7.97. The molecule has 0 radical (unpaired) electrons. The van der Waals surface area contributed by atoms with Crippen LogP contribution in [0.3, 0.4) is 0 Å². The van der Waals surface area contributed by atoms with Crippen molar-refractivity contribution in [2.24, 2.45) is 0 Å². The number of rotatable bonds is 7. The van der Waals surface area contributed by atoms with E-state index < -0.39 is 6.04 Å². The molecule has 7 nitrogen and oxygen atoms in total. The van der Waals surface area contributed by atoms with Crippen molar-refractivity contribution in [3.8, 4) is 0 Å². The van der Waals surface area contributed by atoms with Crippen LogP contribution in [0, 0.1) is 0 Å². The van der Waals surface area contributed by atoms with E-state index in [9.17, 15) is 14.4 Å². The number of halogens is 1. The molecule has 0 bridgehead atoms. The first-order chi connectivity index (χ1) is 12.0. The molecule has 2 aromatic rings. The number of nitrogens with one attached hydrogen (secondary N) is 3. The molecular weight excluding hydrogens is 408 g/mol. The number of thiophene rings is 1. The van der Waals surface area contributed by atoms with E-state index in [1.165, 1.54) is 17.5 Å². The lowest BCUT2D eigenvalue weighted by atomic mass is 10.2. The van der Waals surface area contributed by atoms with Crippen molar-refractivity contribution in [1.29, 1.82) is 0 Å². The number of amides is 3. The van der Waals surface area contributed by atoms with Crippen molar-refractivity contribution in [2.45, 2.75) is 13.0 Å². The van der Waals surface area contributed by atoms with Crippen LogP contribution >= 0.6 is 27.3 Å². The zero-order valence-electron chi connectivity index (χ0n) is 13.4. The summed E-state index contributed by atoms with van der Waals surface area (Å²) in [5.41, 5.74) is 0.455. The number of carbonyl (C=O) groups excluding carboxylic acids is 3. The second-order valence-corrected chi connectivity index (χ2v) is 7.55. The van der Waals surface area contributed by atoms with Crippen LogP contribution in [0.1, 0.15) is 27.0 Å². The van der Waals surface area contributed by atoms with E-state index in [1.807, 2.05) is 0 Å². The third kappa shape index (κ3) is 5.95. The van der Waals surface area contributed by atoms with Gasteiger partial charge in [-0.2, -0.15) is 0 Å². The van der Waals surface area contributed by atoms with Gasteiger partial charge in [0.2, 0.25) is 5.91 Å². The van der Waals surface area contributed by atoms with Crippen LogP contribution in [-0.4, -0.2) is 41.8 Å². The first kappa shape index (κ1) is 19.1. The molecule has 2 rings (SSSR count). The van der Waals surface area contributed by atoms with Gasteiger partial charge in [-0.3, -0.25) is 19.4 Å². The Balaban J connectivity index is 1.69. The molecule has 132 valence electrons. The Morgan fingerprint density at radius 1 is 1.16 bits per heavy atom. The van der Waals surface area contributed by atoms with Crippen molar-refractivity contribution in [3.63, 3.8) is 0 Å². The van der Waals surface area contributed by atoms with Crippen molar-refractivity contribution in [1.82, 2.24) is 20.9 Å². The summed E-state index contributed by atoms with van der Waals surface area (Å²) in [5.74, 6) is -0.880. The fourth-order valence-electron chi connectivity index (χ4n) is 1.88. The van der Waals surface area contributed by atoms with Gasteiger partial charge < -0.3 is 16.0 Å². The molecule has 0 saturated carbocycles. The molecule has 1 unspecified atom stereocenters. The van der Waals surface area contributed by atoms with Crippen molar-refractivity contribution < 1.29 is 14.4 Å². The Kier molecular flexibility index (Phi) is 7.08. The van der Waals surface area contributed by atoms with Crippen LogP contribution in [-0.2, 0) is 4.79 Å². The smallest absolute Gasteiger partial charge is 0.262 e. The van der Waals surface area contributed by atoms with E-state index in [0.717, 1.165) is 3.79 Å². The molecule has 0 saturated heterocycles. The van der Waals surface area contributed by atoms with Gasteiger partial charge in [0.25, 0.3) is 11.8 Å². The molecule has 1 atom stereocenters. The van der Waals surface area contributed by atoms with Gasteiger partial charge in [-0.25, -0.2) is 0 Å². The number of carbonyl (C=O) groups is 3. The predicted molar refractivity (Wildman–Crippen MR) is 98.5 cm³/mol. The molecule has 3 N–H and O–H groups in total. The summed E-state index contributed by atoms with van der Waals surface area (Å²) >= 11 is 4.58. The van der Waals surface area contributed by atoms with E-state index in [4.69, 9.17) is 0 Å². The highest BCUT2D eigenvalue weighted by Gasteiger charge is 2.17. The topological polar surface area (TPSA) is 100 Å². The van der Waals surface area contributed by atoms with E-state index in [0.29, 0.717) is 10.4 Å². The van der Waals surface area contributed by atoms with E-state index in [-0.39, 0.29) is 30.8 Å². The molecule has 9 heteroatoms. The van der Waals surface area contributed by atoms with Crippen LogP contribution < -0.4 is 16.0 Å². The van der Waals surface area contributed by atoms with Gasteiger partial charge in [0.1, 0.15) is 6.04 Å². The first-order valence-corrected chi connectivity index (χ1v) is 9.10. The van der Waals surface area contributed by atoms with Gasteiger partial charge >= 0.3 is 0 Å². The van der Waals surface area contributed by atoms with Crippen LogP contribution in [0.15, 0.2) is 40.4 Å². The quantitative estimate of drug-likeness (QED) is 0.587. The van der Waals surface area contributed by atoms with Gasteiger partial charge in [0.05, 0.1) is 14.2 Å². The molecule has 3 amide bonds. The minimum atomic E-state index is -0.678. The Bertz CT molecular complexity index is 751. The SMILES string of the molecule is CC(NC(=O)c1ccc(Br)s1)C(=O)NCCNC(=O)c1cccnc1. The highest BCUT2D eigenvalue weighted by atomic mass is 79.9. The average molecular weight is 425 g/mol. The van der Waals surface area contributed by atoms with E-state index in [2.05, 4.69) is 36.9 Å². The lowest BCUT2D eigenvalue weighted by molar-refractivity contribution is -0.122. The molecule has 0 fully saturated rings. The fraction of sp³-hybridized carbons (Fsp3) is 0.250. The molecule has 2 heterocycles. The standard InChI is InChI=1S/C16H17BrN4O3S/c1-10(21-16(24)12-4-5-13(17)25-12)14(22)19-7-8-20-15(23)11-3-2-6-18-9-11/h2-6,9-10H,7-8H2,1H3,(H,19,22)(H,20,23)(H,21,24). The molecule has 0 aromatic carbocycles. The monoisotopic (exact) mass is 424 g/mol. The normalized spacial score (nSPS) is 11.4. The predicted octanol–water partition coefficient (Wildman–Crippen LogP) is 1.57. The largest absolute Gasteiger partial charge is 0.353 e. The Labute approximate surface area is 157 Å². The minimum Gasteiger partial charge on any atom is -0.353 e. The summed E-state index contributed by atoms with van der Waals surface area (Å²) in [6.45, 7) is 2.14. The molecule has 25 heavy (non-hydrogen) atoms. The summed E-state index contributed by atoms with van der Waals surface area (Å²) in [6, 6.07) is 6.11. The second-order valence-electron chi connectivity index (χ2n) is 5.09. The lowest BCUT2D eigenvalue weighted by Crippen LogP contribution is -2.46. The van der Waals surface area contributed by atoms with Crippen LogP contribution in [0.25, 0.3) is 0 Å². The van der Waals surface area contributed by atoms with E-state index >= 15 is 0 Å². The van der Waals surface area contributed by atoms with Gasteiger partial charge in [0.15, 0.2) is 0 Å². The molecule has 0 aliphatic heterocycles. The Morgan fingerprint density at radius 2 is 1.92 bits per heavy atom. The van der Waals surface area contributed by atoms with Gasteiger partial charge in [-0.05, 0) is 47.1 Å². The molecule has 2 aromatic heterocycles. The van der Waals surface area contributed by atoms with E-state index in [1.54, 1.807) is 37.4 Å². The minimum absolute atomic E-state index is 0.257. The maximum Gasteiger partial charge on any atom is 0.262 e. The third-order valence-corrected chi connectivity index (χ3v) is 4.79. The van der Waals surface area contributed by atoms with Crippen LogP contribution in [0.4, 0.5) is 0 Å². The summed E-state index contributed by atoms with van der Waals surface area (Å²) < 4.78 is 0.846. The molecule has 0 aliphatic carbocycles. The number of hydrogen-bond acceptors (Lipinski definition) is 5. The Hall–Kier alpha value is -2.26. The molecule has 0 spiro atoms. The maximum atomic E-state index is 12.0. The van der Waals surface area contributed by atoms with Crippen LogP contribution in [0.5, 0.6) is 0 Å². The molecule has 0 aliphatic rings. The van der Waals surface area contributed by atoms with Crippen molar-refractivity contribution >= 4 is 45.0 Å². The highest BCUT2D eigenvalue weighted by Crippen LogP contribution is 2.21. The highest BCUT2D eigenvalue weighted by molar-refractivity contribution is 9.11. The van der Waals surface area contributed by atoms with Crippen molar-refractivity contribution in [3.05, 3.63) is 50.9 Å². The number of pyridine rings is 1. The van der Waals surface area contributed by atoms with Gasteiger partial charge in [-0.15, -0.1) is 11.3 Å². The fourth-order valence-corrected chi connectivity index (χ4v) is 3.17. The first-order valence-electron chi connectivity index (χ1n) is 7.49. The number of aromatic nitrogens is 1. The summed E-state index contributed by atoms with van der Waals surface area (Å²) in [7, 11) is 0. The summed E-state index contributed by atoms with van der Waals surface area (Å²) in [4.78, 5) is 40.2. The lowest BCUT2D eigenvalue weighted by Gasteiger charge is -2.13. The number of nitrogens with zero attached hydrogens (tertiary/aromatic N) is 1. The zero-order chi connectivity index (χ0) is 18.2.